The highest BCUT2D eigenvalue weighted by atomic mass is 32.1. The maximum atomic E-state index is 13.0. The molecule has 194 valence electrons. The Morgan fingerprint density at radius 3 is 2.26 bits per heavy atom. The quantitative estimate of drug-likeness (QED) is 0.118. The molecule has 4 aromatic rings. The van der Waals surface area contributed by atoms with Crippen LogP contribution in [0.1, 0.15) is 38.8 Å². The van der Waals surface area contributed by atoms with Crippen molar-refractivity contribution in [1.29, 1.82) is 0 Å². The summed E-state index contributed by atoms with van der Waals surface area (Å²) in [4.78, 5) is 25.9. The van der Waals surface area contributed by atoms with Crippen LogP contribution in [0.2, 0.25) is 0 Å². The molecule has 6 nitrogen and oxygen atoms in total. The molecule has 4 rings (SSSR count). The Labute approximate surface area is 226 Å². The van der Waals surface area contributed by atoms with Crippen molar-refractivity contribution in [2.24, 2.45) is 0 Å². The number of carbonyl (C=O) groups excluding carboxylic acids is 2. The van der Waals surface area contributed by atoms with Crippen LogP contribution in [0.15, 0.2) is 84.3 Å². The third-order valence-corrected chi connectivity index (χ3v) is 6.68. The van der Waals surface area contributed by atoms with Gasteiger partial charge in [0.15, 0.2) is 17.3 Å². The predicted molar refractivity (Wildman–Crippen MR) is 149 cm³/mol. The van der Waals surface area contributed by atoms with Crippen LogP contribution in [0.5, 0.6) is 17.2 Å². The summed E-state index contributed by atoms with van der Waals surface area (Å²) in [5.41, 5.74) is 3.71. The number of ether oxygens (including phenoxy) is 4. The van der Waals surface area contributed by atoms with E-state index in [9.17, 15) is 9.59 Å². The molecule has 38 heavy (non-hydrogen) atoms. The monoisotopic (exact) mass is 528 g/mol. The van der Waals surface area contributed by atoms with Gasteiger partial charge in [-0.15, -0.1) is 11.3 Å². The standard InChI is InChI=1S/C31H28O6S/c1-4-36-31(33)22-9-7-21(8-10-22)20-37-28-16-12-23(19-29(28)35-3)26(32)14-11-24-18-25(13-15-27(24)34-2)30-6-5-17-38-30/h5-19H,4,20H2,1-3H3/b14-11+. The van der Waals surface area contributed by atoms with Gasteiger partial charge in [-0.25, -0.2) is 4.79 Å². The van der Waals surface area contributed by atoms with Crippen molar-refractivity contribution in [2.45, 2.75) is 13.5 Å². The van der Waals surface area contributed by atoms with E-state index in [0.717, 1.165) is 21.6 Å². The molecule has 1 aromatic heterocycles. The van der Waals surface area contributed by atoms with Crippen molar-refractivity contribution in [3.8, 4) is 27.7 Å². The van der Waals surface area contributed by atoms with Crippen molar-refractivity contribution in [3.05, 3.63) is 107 Å². The molecule has 0 N–H and O–H groups in total. The molecular weight excluding hydrogens is 500 g/mol. The van der Waals surface area contributed by atoms with Crippen LogP contribution >= 0.6 is 11.3 Å². The number of thiophene rings is 1. The lowest BCUT2D eigenvalue weighted by atomic mass is 10.1. The minimum absolute atomic E-state index is 0.173. The summed E-state index contributed by atoms with van der Waals surface area (Å²) in [7, 11) is 3.14. The Morgan fingerprint density at radius 2 is 1.58 bits per heavy atom. The van der Waals surface area contributed by atoms with E-state index in [0.29, 0.717) is 35.0 Å². The molecule has 0 bridgehead atoms. The van der Waals surface area contributed by atoms with Gasteiger partial charge in [-0.05, 0) is 90.2 Å². The van der Waals surface area contributed by atoms with Crippen LogP contribution in [-0.2, 0) is 11.3 Å². The number of methoxy groups -OCH3 is 2. The van der Waals surface area contributed by atoms with E-state index < -0.39 is 0 Å². The van der Waals surface area contributed by atoms with Gasteiger partial charge in [0.2, 0.25) is 0 Å². The van der Waals surface area contributed by atoms with Gasteiger partial charge in [0.1, 0.15) is 12.4 Å². The highest BCUT2D eigenvalue weighted by Gasteiger charge is 2.12. The van der Waals surface area contributed by atoms with Crippen molar-refractivity contribution in [3.63, 3.8) is 0 Å². The van der Waals surface area contributed by atoms with E-state index >= 15 is 0 Å². The molecule has 0 saturated heterocycles. The number of esters is 1. The molecule has 0 spiro atoms. The van der Waals surface area contributed by atoms with Gasteiger partial charge in [0, 0.05) is 16.0 Å². The van der Waals surface area contributed by atoms with E-state index in [4.69, 9.17) is 18.9 Å². The number of benzene rings is 3. The first kappa shape index (κ1) is 26.7. The second kappa shape index (κ2) is 12.7. The Balaban J connectivity index is 1.45. The normalized spacial score (nSPS) is 10.8. The van der Waals surface area contributed by atoms with E-state index in [1.165, 1.54) is 13.2 Å². The van der Waals surface area contributed by atoms with E-state index in [1.54, 1.807) is 61.8 Å². The van der Waals surface area contributed by atoms with Crippen LogP contribution in [0.4, 0.5) is 0 Å². The minimum atomic E-state index is -0.357. The number of ketones is 1. The van der Waals surface area contributed by atoms with Crippen molar-refractivity contribution < 1.29 is 28.5 Å². The zero-order valence-electron chi connectivity index (χ0n) is 21.4. The molecule has 1 heterocycles. The number of carbonyl (C=O) groups is 2. The fourth-order valence-electron chi connectivity index (χ4n) is 3.78. The molecule has 0 amide bonds. The van der Waals surface area contributed by atoms with Gasteiger partial charge in [0.05, 0.1) is 26.4 Å². The molecule has 0 aliphatic heterocycles. The highest BCUT2D eigenvalue weighted by molar-refractivity contribution is 7.13. The fourth-order valence-corrected chi connectivity index (χ4v) is 4.50. The van der Waals surface area contributed by atoms with Crippen LogP contribution in [-0.4, -0.2) is 32.6 Å². The van der Waals surface area contributed by atoms with E-state index in [-0.39, 0.29) is 18.4 Å². The number of hydrogen-bond donors (Lipinski definition) is 0. The fraction of sp³-hybridized carbons (Fsp3) is 0.161. The van der Waals surface area contributed by atoms with Gasteiger partial charge in [-0.1, -0.05) is 18.2 Å². The Hall–Kier alpha value is -4.36. The zero-order valence-corrected chi connectivity index (χ0v) is 22.2. The molecule has 3 aromatic carbocycles. The molecule has 0 atom stereocenters. The molecule has 0 aliphatic carbocycles. The second-order valence-corrected chi connectivity index (χ2v) is 9.15. The lowest BCUT2D eigenvalue weighted by molar-refractivity contribution is 0.0526. The maximum Gasteiger partial charge on any atom is 0.338 e. The summed E-state index contributed by atoms with van der Waals surface area (Å²) in [6.07, 6.45) is 3.28. The first-order chi connectivity index (χ1) is 18.5. The zero-order chi connectivity index (χ0) is 26.9. The summed E-state index contributed by atoms with van der Waals surface area (Å²) in [6, 6.07) is 22.1. The van der Waals surface area contributed by atoms with Gasteiger partial charge >= 0.3 is 5.97 Å². The van der Waals surface area contributed by atoms with Crippen LogP contribution < -0.4 is 14.2 Å². The van der Waals surface area contributed by atoms with E-state index in [2.05, 4.69) is 6.07 Å². The summed E-state index contributed by atoms with van der Waals surface area (Å²) in [5.74, 6) is 1.11. The molecule has 0 fully saturated rings. The predicted octanol–water partition coefficient (Wildman–Crippen LogP) is 7.08. The van der Waals surface area contributed by atoms with Crippen LogP contribution in [0.25, 0.3) is 16.5 Å². The molecule has 7 heteroatoms. The maximum absolute atomic E-state index is 13.0. The van der Waals surface area contributed by atoms with Gasteiger partial charge in [0.25, 0.3) is 0 Å². The lowest BCUT2D eigenvalue weighted by Gasteiger charge is -2.12. The van der Waals surface area contributed by atoms with Crippen molar-refractivity contribution in [1.82, 2.24) is 0 Å². The summed E-state index contributed by atoms with van der Waals surface area (Å²) in [5, 5.41) is 2.03. The molecule has 0 radical (unpaired) electrons. The summed E-state index contributed by atoms with van der Waals surface area (Å²) in [6.45, 7) is 2.37. The molecular formula is C31H28O6S. The Morgan fingerprint density at radius 1 is 0.842 bits per heavy atom. The highest BCUT2D eigenvalue weighted by Crippen LogP contribution is 2.31. The minimum Gasteiger partial charge on any atom is -0.496 e. The van der Waals surface area contributed by atoms with E-state index in [1.807, 2.05) is 41.8 Å². The molecule has 0 aliphatic rings. The van der Waals surface area contributed by atoms with Gasteiger partial charge in [-0.3, -0.25) is 4.79 Å². The smallest absolute Gasteiger partial charge is 0.338 e. The van der Waals surface area contributed by atoms with Gasteiger partial charge in [-0.2, -0.15) is 0 Å². The Kier molecular flexibility index (Phi) is 8.95. The second-order valence-electron chi connectivity index (χ2n) is 8.20. The van der Waals surface area contributed by atoms with Crippen LogP contribution in [0, 0.1) is 0 Å². The lowest BCUT2D eigenvalue weighted by Crippen LogP contribution is -2.05. The average molecular weight is 529 g/mol. The third kappa shape index (κ3) is 6.49. The molecule has 0 unspecified atom stereocenters. The van der Waals surface area contributed by atoms with Crippen LogP contribution in [0.3, 0.4) is 0 Å². The summed E-state index contributed by atoms with van der Waals surface area (Å²) >= 11 is 1.65. The average Bonchev–Trinajstić information content (AvgIpc) is 3.50. The van der Waals surface area contributed by atoms with Gasteiger partial charge < -0.3 is 18.9 Å². The summed E-state index contributed by atoms with van der Waals surface area (Å²) < 4.78 is 21.9. The first-order valence-corrected chi connectivity index (χ1v) is 12.9. The van der Waals surface area contributed by atoms with Crippen molar-refractivity contribution >= 4 is 29.2 Å². The molecule has 0 saturated carbocycles. The Bertz CT molecular complexity index is 1420. The number of hydrogen-bond acceptors (Lipinski definition) is 7. The third-order valence-electron chi connectivity index (χ3n) is 5.76. The number of allylic oxidation sites excluding steroid dienone is 1. The van der Waals surface area contributed by atoms with Crippen molar-refractivity contribution in [2.75, 3.05) is 20.8 Å². The first-order valence-electron chi connectivity index (χ1n) is 12.0. The number of rotatable bonds is 11. The SMILES string of the molecule is CCOC(=O)c1ccc(COc2ccc(C(=O)/C=C/c3cc(-c4cccs4)ccc3OC)cc2OC)cc1. The largest absolute Gasteiger partial charge is 0.496 e. The topological polar surface area (TPSA) is 71.1 Å².